The number of aromatic amines is 1. The molecule has 0 atom stereocenters. The molecule has 2 aromatic carbocycles. The standard InChI is InChI=1S/C28H30N6O2/c1-2-14-29-21-10-12-22(13-11-21)31-27(35)26-24-19-33(28(36)23-9-6-15-30-23)16-17-34(24)25(32-26)18-20-7-4-3-5-8-20/h3-13,15,29-30H,2,14,16-19H2,1H3,(H,31,35). The second-order valence-electron chi connectivity index (χ2n) is 8.91. The van der Waals surface area contributed by atoms with Gasteiger partial charge in [0.25, 0.3) is 11.8 Å². The first-order valence-electron chi connectivity index (χ1n) is 12.3. The van der Waals surface area contributed by atoms with Gasteiger partial charge in [-0.2, -0.15) is 0 Å². The summed E-state index contributed by atoms with van der Waals surface area (Å²) in [4.78, 5) is 35.9. The van der Waals surface area contributed by atoms with Crippen LogP contribution < -0.4 is 10.6 Å². The second kappa shape index (κ2) is 10.5. The summed E-state index contributed by atoms with van der Waals surface area (Å²) in [5, 5.41) is 6.32. The Balaban J connectivity index is 1.41. The average Bonchev–Trinajstić information content (AvgIpc) is 3.57. The number of amides is 2. The Labute approximate surface area is 210 Å². The van der Waals surface area contributed by atoms with E-state index in [1.165, 1.54) is 0 Å². The van der Waals surface area contributed by atoms with Crippen LogP contribution in [0.25, 0.3) is 0 Å². The van der Waals surface area contributed by atoms with E-state index in [1.54, 1.807) is 23.2 Å². The minimum Gasteiger partial charge on any atom is -0.385 e. The molecule has 2 amide bonds. The maximum Gasteiger partial charge on any atom is 0.276 e. The van der Waals surface area contributed by atoms with Crippen LogP contribution in [0.5, 0.6) is 0 Å². The van der Waals surface area contributed by atoms with Gasteiger partial charge in [-0.25, -0.2) is 4.98 Å². The van der Waals surface area contributed by atoms with Gasteiger partial charge in [-0.3, -0.25) is 9.59 Å². The SMILES string of the molecule is CCCNc1ccc(NC(=O)c2nc(Cc3ccccc3)n3c2CN(C(=O)c2ccc[nH]2)CC3)cc1. The first-order valence-corrected chi connectivity index (χ1v) is 12.3. The van der Waals surface area contributed by atoms with Gasteiger partial charge < -0.3 is 25.1 Å². The molecule has 4 aromatic rings. The number of nitrogens with one attached hydrogen (secondary N) is 3. The zero-order valence-electron chi connectivity index (χ0n) is 20.3. The number of benzene rings is 2. The second-order valence-corrected chi connectivity index (χ2v) is 8.91. The van der Waals surface area contributed by atoms with E-state index in [0.717, 1.165) is 35.7 Å². The molecule has 0 saturated heterocycles. The Kier molecular flexibility index (Phi) is 6.84. The first-order chi connectivity index (χ1) is 17.6. The van der Waals surface area contributed by atoms with Crippen molar-refractivity contribution in [2.75, 3.05) is 23.7 Å². The minimum absolute atomic E-state index is 0.0846. The smallest absolute Gasteiger partial charge is 0.276 e. The number of rotatable bonds is 8. The quantitative estimate of drug-likeness (QED) is 0.344. The van der Waals surface area contributed by atoms with Crippen molar-refractivity contribution in [3.8, 4) is 0 Å². The summed E-state index contributed by atoms with van der Waals surface area (Å²) in [5.41, 5.74) is 4.48. The van der Waals surface area contributed by atoms with Gasteiger partial charge in [0.15, 0.2) is 5.69 Å². The summed E-state index contributed by atoms with van der Waals surface area (Å²) in [6.45, 7) is 4.47. The molecule has 5 rings (SSSR count). The van der Waals surface area contributed by atoms with Crippen molar-refractivity contribution in [1.82, 2.24) is 19.4 Å². The van der Waals surface area contributed by atoms with Gasteiger partial charge in [0, 0.05) is 43.6 Å². The molecule has 0 spiro atoms. The normalized spacial score (nSPS) is 12.8. The van der Waals surface area contributed by atoms with E-state index in [2.05, 4.69) is 39.2 Å². The number of fused-ring (bicyclic) bond motifs is 1. The van der Waals surface area contributed by atoms with Gasteiger partial charge in [0.2, 0.25) is 0 Å². The Morgan fingerprint density at radius 3 is 2.47 bits per heavy atom. The van der Waals surface area contributed by atoms with Crippen LogP contribution in [0.15, 0.2) is 72.9 Å². The van der Waals surface area contributed by atoms with Crippen molar-refractivity contribution in [1.29, 1.82) is 0 Å². The Bertz CT molecular complexity index is 1330. The molecule has 3 N–H and O–H groups in total. The molecule has 3 heterocycles. The van der Waals surface area contributed by atoms with E-state index < -0.39 is 0 Å². The number of imidazole rings is 1. The fourth-order valence-electron chi connectivity index (χ4n) is 4.48. The molecule has 8 nitrogen and oxygen atoms in total. The van der Waals surface area contributed by atoms with Crippen molar-refractivity contribution < 1.29 is 9.59 Å². The third-order valence-corrected chi connectivity index (χ3v) is 6.34. The fourth-order valence-corrected chi connectivity index (χ4v) is 4.48. The zero-order valence-corrected chi connectivity index (χ0v) is 20.3. The summed E-state index contributed by atoms with van der Waals surface area (Å²) in [6, 6.07) is 21.3. The molecule has 1 aliphatic rings. The number of carbonyl (C=O) groups is 2. The molecule has 36 heavy (non-hydrogen) atoms. The number of hydrogen-bond acceptors (Lipinski definition) is 4. The van der Waals surface area contributed by atoms with Crippen LogP contribution in [0.4, 0.5) is 11.4 Å². The fraction of sp³-hybridized carbons (Fsp3) is 0.250. The van der Waals surface area contributed by atoms with Gasteiger partial charge in [0.05, 0.1) is 12.2 Å². The summed E-state index contributed by atoms with van der Waals surface area (Å²) < 4.78 is 2.10. The Morgan fingerprint density at radius 1 is 0.972 bits per heavy atom. The molecule has 2 aromatic heterocycles. The zero-order chi connectivity index (χ0) is 24.9. The maximum atomic E-state index is 13.4. The van der Waals surface area contributed by atoms with E-state index in [-0.39, 0.29) is 11.8 Å². The van der Waals surface area contributed by atoms with Gasteiger partial charge in [0.1, 0.15) is 11.5 Å². The van der Waals surface area contributed by atoms with Crippen molar-refractivity contribution >= 4 is 23.2 Å². The Hall–Kier alpha value is -4.33. The predicted octanol–water partition coefficient (Wildman–Crippen LogP) is 4.53. The van der Waals surface area contributed by atoms with Crippen molar-refractivity contribution in [2.24, 2.45) is 0 Å². The van der Waals surface area contributed by atoms with Gasteiger partial charge in [-0.15, -0.1) is 0 Å². The molecule has 0 bridgehead atoms. The van der Waals surface area contributed by atoms with Crippen molar-refractivity contribution in [3.63, 3.8) is 0 Å². The third-order valence-electron chi connectivity index (χ3n) is 6.34. The van der Waals surface area contributed by atoms with E-state index >= 15 is 0 Å². The highest BCUT2D eigenvalue weighted by molar-refractivity contribution is 6.04. The Morgan fingerprint density at radius 2 is 1.75 bits per heavy atom. The molecule has 0 saturated carbocycles. The summed E-state index contributed by atoms with van der Waals surface area (Å²) in [6.07, 6.45) is 3.39. The van der Waals surface area contributed by atoms with Crippen molar-refractivity contribution in [3.05, 3.63) is 101 Å². The minimum atomic E-state index is -0.276. The maximum absolute atomic E-state index is 13.4. The summed E-state index contributed by atoms with van der Waals surface area (Å²) >= 11 is 0. The van der Waals surface area contributed by atoms with Crippen LogP contribution in [0, 0.1) is 0 Å². The van der Waals surface area contributed by atoms with Crippen LogP contribution in [0.3, 0.4) is 0 Å². The molecule has 184 valence electrons. The molecule has 8 heteroatoms. The number of nitrogens with zero attached hydrogens (tertiary/aromatic N) is 3. The molecular formula is C28H30N6O2. The number of anilines is 2. The van der Waals surface area contributed by atoms with Crippen molar-refractivity contribution in [2.45, 2.75) is 32.9 Å². The van der Waals surface area contributed by atoms with Crippen LogP contribution >= 0.6 is 0 Å². The van der Waals surface area contributed by atoms with E-state index in [1.807, 2.05) is 42.5 Å². The topological polar surface area (TPSA) is 95.0 Å². The van der Waals surface area contributed by atoms with Crippen LogP contribution in [-0.4, -0.2) is 44.3 Å². The molecule has 0 unspecified atom stereocenters. The van der Waals surface area contributed by atoms with Crippen LogP contribution in [0.2, 0.25) is 0 Å². The third kappa shape index (κ3) is 5.02. The van der Waals surface area contributed by atoms with Crippen LogP contribution in [-0.2, 0) is 19.5 Å². The first kappa shape index (κ1) is 23.4. The largest absolute Gasteiger partial charge is 0.385 e. The predicted molar refractivity (Wildman–Crippen MR) is 140 cm³/mol. The highest BCUT2D eigenvalue weighted by atomic mass is 16.2. The lowest BCUT2D eigenvalue weighted by atomic mass is 10.1. The lowest BCUT2D eigenvalue weighted by Gasteiger charge is -2.29. The van der Waals surface area contributed by atoms with Crippen LogP contribution in [0.1, 0.15) is 51.4 Å². The van der Waals surface area contributed by atoms with E-state index in [9.17, 15) is 9.59 Å². The molecule has 1 aliphatic heterocycles. The highest BCUT2D eigenvalue weighted by Crippen LogP contribution is 2.24. The van der Waals surface area contributed by atoms with Gasteiger partial charge in [-0.1, -0.05) is 37.3 Å². The van der Waals surface area contributed by atoms with Gasteiger partial charge >= 0.3 is 0 Å². The number of H-pyrrole nitrogens is 1. The molecule has 0 fully saturated rings. The van der Waals surface area contributed by atoms with E-state index in [4.69, 9.17) is 4.98 Å². The molecule has 0 aliphatic carbocycles. The monoisotopic (exact) mass is 482 g/mol. The lowest BCUT2D eigenvalue weighted by Crippen LogP contribution is -2.39. The number of carbonyl (C=O) groups excluding carboxylic acids is 2. The molecule has 0 radical (unpaired) electrons. The number of aromatic nitrogens is 3. The van der Waals surface area contributed by atoms with E-state index in [0.29, 0.717) is 43.1 Å². The molecular weight excluding hydrogens is 452 g/mol. The number of hydrogen-bond donors (Lipinski definition) is 3. The summed E-state index contributed by atoms with van der Waals surface area (Å²) in [5.74, 6) is 0.465. The average molecular weight is 483 g/mol. The lowest BCUT2D eigenvalue weighted by molar-refractivity contribution is 0.0702. The highest BCUT2D eigenvalue weighted by Gasteiger charge is 2.30. The summed E-state index contributed by atoms with van der Waals surface area (Å²) in [7, 11) is 0. The van der Waals surface area contributed by atoms with Gasteiger partial charge in [-0.05, 0) is 48.4 Å².